The van der Waals surface area contributed by atoms with Crippen LogP contribution in [0.25, 0.3) is 53.9 Å². The number of nitrogens with zero attached hydrogens (tertiary/aromatic N) is 2. The SMILES string of the molecule is CN1C(=O)c2ccc3c4ccc5c6c(c7ccccc7c(c7ccc(c2c37)C1=O)c64)C(=O)N(C)C5=O. The second kappa shape index (κ2) is 6.04. The number of hydrogen-bond donors (Lipinski definition) is 0. The molecule has 6 nitrogen and oxygen atoms in total. The van der Waals surface area contributed by atoms with Gasteiger partial charge >= 0.3 is 0 Å². The average molecular weight is 468 g/mol. The second-order valence-corrected chi connectivity index (χ2v) is 9.62. The van der Waals surface area contributed by atoms with E-state index in [1.54, 1.807) is 18.2 Å². The van der Waals surface area contributed by atoms with Gasteiger partial charge in [0.15, 0.2) is 0 Å². The average Bonchev–Trinajstić information content (AvgIpc) is 2.90. The van der Waals surface area contributed by atoms with Crippen molar-refractivity contribution in [2.45, 2.75) is 0 Å². The van der Waals surface area contributed by atoms with Crippen LogP contribution in [0.15, 0.2) is 60.7 Å². The van der Waals surface area contributed by atoms with E-state index in [1.165, 1.54) is 19.0 Å². The van der Waals surface area contributed by atoms with Gasteiger partial charge in [-0.25, -0.2) is 0 Å². The molecule has 0 saturated carbocycles. The fraction of sp³-hybridized carbons (Fsp3) is 0.0667. The Morgan fingerprint density at radius 1 is 0.417 bits per heavy atom. The molecule has 0 radical (unpaired) electrons. The van der Waals surface area contributed by atoms with Crippen LogP contribution < -0.4 is 0 Å². The largest absolute Gasteiger partial charge is 0.277 e. The van der Waals surface area contributed by atoms with Gasteiger partial charge in [-0.05, 0) is 61.3 Å². The molecule has 8 rings (SSSR count). The van der Waals surface area contributed by atoms with Crippen LogP contribution in [0.3, 0.4) is 0 Å². The Morgan fingerprint density at radius 2 is 0.861 bits per heavy atom. The number of carbonyl (C=O) groups excluding carboxylic acids is 4. The number of carbonyl (C=O) groups is 4. The molecule has 0 aromatic heterocycles. The molecule has 6 heteroatoms. The molecular weight excluding hydrogens is 452 g/mol. The smallest absolute Gasteiger partial charge is 0.261 e. The van der Waals surface area contributed by atoms with E-state index in [0.717, 1.165) is 48.0 Å². The third kappa shape index (κ3) is 1.94. The minimum absolute atomic E-state index is 0.317. The molecule has 0 aliphatic carbocycles. The van der Waals surface area contributed by atoms with Crippen molar-refractivity contribution in [3.05, 3.63) is 82.9 Å². The maximum Gasteiger partial charge on any atom is 0.261 e. The van der Waals surface area contributed by atoms with Crippen molar-refractivity contribution >= 4 is 77.5 Å². The van der Waals surface area contributed by atoms with Gasteiger partial charge in [-0.15, -0.1) is 0 Å². The van der Waals surface area contributed by atoms with Crippen molar-refractivity contribution in [3.63, 3.8) is 0 Å². The molecule has 0 atom stereocenters. The van der Waals surface area contributed by atoms with Gasteiger partial charge in [-0.3, -0.25) is 29.0 Å². The Bertz CT molecular complexity index is 2080. The highest BCUT2D eigenvalue weighted by atomic mass is 16.2. The summed E-state index contributed by atoms with van der Waals surface area (Å²) in [5, 5.41) is 8.29. The number of benzene rings is 6. The van der Waals surface area contributed by atoms with Crippen LogP contribution >= 0.6 is 0 Å². The van der Waals surface area contributed by atoms with Gasteiger partial charge < -0.3 is 0 Å². The molecular formula is C30H16N2O4. The quantitative estimate of drug-likeness (QED) is 0.171. The van der Waals surface area contributed by atoms with Crippen LogP contribution in [0, 0.1) is 0 Å². The van der Waals surface area contributed by atoms with Crippen LogP contribution in [0.4, 0.5) is 0 Å². The first-order valence-corrected chi connectivity index (χ1v) is 11.7. The van der Waals surface area contributed by atoms with Gasteiger partial charge in [0.2, 0.25) is 0 Å². The highest BCUT2D eigenvalue weighted by Crippen LogP contribution is 2.49. The van der Waals surface area contributed by atoms with E-state index in [0.29, 0.717) is 33.0 Å². The second-order valence-electron chi connectivity index (χ2n) is 9.62. The zero-order valence-corrected chi connectivity index (χ0v) is 19.3. The van der Waals surface area contributed by atoms with E-state index in [4.69, 9.17) is 0 Å². The molecule has 36 heavy (non-hydrogen) atoms. The third-order valence-electron chi connectivity index (χ3n) is 8.01. The van der Waals surface area contributed by atoms with Gasteiger partial charge in [0.1, 0.15) is 0 Å². The van der Waals surface area contributed by atoms with Gasteiger partial charge in [0, 0.05) is 41.6 Å². The zero-order chi connectivity index (χ0) is 24.6. The molecule has 2 aliphatic heterocycles. The number of rotatable bonds is 0. The number of imide groups is 2. The monoisotopic (exact) mass is 468 g/mol. The molecule has 0 fully saturated rings. The molecule has 6 aromatic carbocycles. The zero-order valence-electron chi connectivity index (χ0n) is 19.3. The minimum atomic E-state index is -0.324. The van der Waals surface area contributed by atoms with E-state index in [9.17, 15) is 19.2 Å². The number of hydrogen-bond acceptors (Lipinski definition) is 4. The fourth-order valence-corrected chi connectivity index (χ4v) is 6.39. The van der Waals surface area contributed by atoms with Crippen molar-refractivity contribution in [1.29, 1.82) is 0 Å². The summed E-state index contributed by atoms with van der Waals surface area (Å²) in [6.45, 7) is 0. The van der Waals surface area contributed by atoms with E-state index in [1.807, 2.05) is 42.5 Å². The van der Waals surface area contributed by atoms with E-state index in [2.05, 4.69) is 0 Å². The molecule has 170 valence electrons. The Hall–Kier alpha value is -4.84. The molecule has 0 N–H and O–H groups in total. The topological polar surface area (TPSA) is 74.8 Å². The third-order valence-corrected chi connectivity index (χ3v) is 8.01. The Labute approximate surface area is 203 Å². The van der Waals surface area contributed by atoms with Crippen LogP contribution in [-0.2, 0) is 0 Å². The first kappa shape index (κ1) is 19.5. The van der Waals surface area contributed by atoms with E-state index in [-0.39, 0.29) is 23.6 Å². The molecule has 2 aliphatic rings. The maximum atomic E-state index is 13.5. The predicted octanol–water partition coefficient (Wildman–Crippen LogP) is 5.34. The molecule has 2 heterocycles. The number of fused-ring (bicyclic) bond motifs is 5. The lowest BCUT2D eigenvalue weighted by atomic mass is 9.80. The summed E-state index contributed by atoms with van der Waals surface area (Å²) in [5.74, 6) is -1.29. The lowest BCUT2D eigenvalue weighted by Crippen LogP contribution is -2.37. The fourth-order valence-electron chi connectivity index (χ4n) is 6.39. The lowest BCUT2D eigenvalue weighted by Gasteiger charge is -2.29. The molecule has 0 saturated heterocycles. The first-order chi connectivity index (χ1) is 17.4. The van der Waals surface area contributed by atoms with E-state index >= 15 is 0 Å². The van der Waals surface area contributed by atoms with Gasteiger partial charge in [0.25, 0.3) is 23.6 Å². The Kier molecular flexibility index (Phi) is 3.27. The molecule has 4 amide bonds. The summed E-state index contributed by atoms with van der Waals surface area (Å²) < 4.78 is 0. The maximum absolute atomic E-state index is 13.5. The summed E-state index contributed by atoms with van der Waals surface area (Å²) >= 11 is 0. The van der Waals surface area contributed by atoms with Crippen molar-refractivity contribution in [2.24, 2.45) is 0 Å². The summed E-state index contributed by atoms with van der Waals surface area (Å²) in [6, 6.07) is 18.9. The summed E-state index contributed by atoms with van der Waals surface area (Å²) in [7, 11) is 3.02. The van der Waals surface area contributed by atoms with Crippen molar-refractivity contribution in [2.75, 3.05) is 14.1 Å². The number of amides is 4. The normalized spacial score (nSPS) is 15.6. The van der Waals surface area contributed by atoms with Gasteiger partial charge in [-0.2, -0.15) is 0 Å². The standard InChI is InChI=1S/C30H16N2O4/c1-31-27(33)18-10-7-15-16-8-11-20-25-24(16)22(17-9-12-19(28(31)34)23(18)21(15)17)13-5-3-4-6-14(13)26(25)30(36)32(2)29(20)35/h3-12H,1-2H3. The van der Waals surface area contributed by atoms with Crippen LogP contribution in [0.2, 0.25) is 0 Å². The minimum Gasteiger partial charge on any atom is -0.277 e. The molecule has 6 aromatic rings. The Morgan fingerprint density at radius 3 is 1.50 bits per heavy atom. The van der Waals surface area contributed by atoms with Gasteiger partial charge in [0.05, 0.1) is 5.56 Å². The molecule has 0 spiro atoms. The summed E-state index contributed by atoms with van der Waals surface area (Å²) in [5.41, 5.74) is 2.03. The highest BCUT2D eigenvalue weighted by Gasteiger charge is 2.36. The Balaban J connectivity index is 1.75. The summed E-state index contributed by atoms with van der Waals surface area (Å²) in [4.78, 5) is 55.1. The highest BCUT2D eigenvalue weighted by molar-refractivity contribution is 6.45. The van der Waals surface area contributed by atoms with E-state index < -0.39 is 0 Å². The molecule has 0 unspecified atom stereocenters. The molecule has 0 bridgehead atoms. The van der Waals surface area contributed by atoms with Crippen molar-refractivity contribution in [1.82, 2.24) is 9.80 Å². The van der Waals surface area contributed by atoms with Crippen molar-refractivity contribution < 1.29 is 19.2 Å². The van der Waals surface area contributed by atoms with Crippen molar-refractivity contribution in [3.8, 4) is 0 Å². The van der Waals surface area contributed by atoms with Gasteiger partial charge in [-0.1, -0.05) is 42.5 Å². The van der Waals surface area contributed by atoms with Crippen LogP contribution in [-0.4, -0.2) is 47.5 Å². The summed E-state index contributed by atoms with van der Waals surface area (Å²) in [6.07, 6.45) is 0. The van der Waals surface area contributed by atoms with Crippen LogP contribution in [0.5, 0.6) is 0 Å². The van der Waals surface area contributed by atoms with Crippen LogP contribution in [0.1, 0.15) is 41.4 Å². The lowest BCUT2D eigenvalue weighted by molar-refractivity contribution is 0.0636. The predicted molar refractivity (Wildman–Crippen MR) is 138 cm³/mol. The first-order valence-electron chi connectivity index (χ1n) is 11.7.